The molecule has 6 N–H and O–H groups in total. The van der Waals surface area contributed by atoms with Gasteiger partial charge in [-0.25, -0.2) is 28.8 Å². The van der Waals surface area contributed by atoms with Gasteiger partial charge in [0.2, 0.25) is 16.8 Å². The Kier molecular flexibility index (Phi) is 26.8. The average Bonchev–Trinajstić information content (AvgIpc) is 1.55. The van der Waals surface area contributed by atoms with Crippen molar-refractivity contribution in [3.8, 4) is 0 Å². The highest BCUT2D eigenvalue weighted by Gasteiger charge is 2.56. The first-order chi connectivity index (χ1) is 53.5. The number of piperidine rings is 5. The Balaban J connectivity index is 0.000000133. The summed E-state index contributed by atoms with van der Waals surface area (Å²) >= 11 is 8.20. The normalized spacial score (nSPS) is 22.2. The van der Waals surface area contributed by atoms with E-state index in [1.54, 1.807) is 51.1 Å². The van der Waals surface area contributed by atoms with Crippen molar-refractivity contribution in [3.63, 3.8) is 0 Å². The van der Waals surface area contributed by atoms with Gasteiger partial charge < -0.3 is 74.2 Å². The number of hydrogen-bond donors (Lipinski definition) is 6. The molecule has 6 aromatic heterocycles. The largest absolute Gasteiger partial charge is 0.460 e. The number of ketones is 1. The smallest absolute Gasteiger partial charge is 0.410 e. The number of carbonyl (C=O) groups is 7. The zero-order chi connectivity index (χ0) is 80.9. The summed E-state index contributed by atoms with van der Waals surface area (Å²) in [4.78, 5) is 94.8. The van der Waals surface area contributed by atoms with Crippen molar-refractivity contribution >= 4 is 110 Å². The van der Waals surface area contributed by atoms with Crippen LogP contribution in [0.5, 0.6) is 0 Å². The fourth-order valence-corrected chi connectivity index (χ4v) is 22.8. The Morgan fingerprint density at radius 1 is 0.363 bits per heavy atom. The number of amides is 3. The molecule has 0 atom stereocenters. The van der Waals surface area contributed by atoms with E-state index in [4.69, 9.17) is 28.4 Å². The summed E-state index contributed by atoms with van der Waals surface area (Å²) in [6.07, 6.45) is 17.6. The van der Waals surface area contributed by atoms with Gasteiger partial charge in [-0.1, -0.05) is 36.4 Å². The third-order valence-electron chi connectivity index (χ3n) is 24.2. The maximum absolute atomic E-state index is 13.1. The molecule has 0 radical (unpaired) electrons. The lowest BCUT2D eigenvalue weighted by atomic mass is 9.61. The van der Waals surface area contributed by atoms with Gasteiger partial charge in [0.05, 0.1) is 35.4 Å². The molecule has 5 aliphatic carbocycles. The Hall–Kier alpha value is -6.15. The molecule has 0 bridgehead atoms. The van der Waals surface area contributed by atoms with Crippen LogP contribution in [0.3, 0.4) is 0 Å². The van der Waals surface area contributed by atoms with Gasteiger partial charge in [0, 0.05) is 52.1 Å². The Labute approximate surface area is 688 Å². The van der Waals surface area contributed by atoms with Gasteiger partial charge in [-0.05, 0) is 300 Å². The zero-order valence-corrected chi connectivity index (χ0v) is 71.7. The number of aliphatic hydroxyl groups excluding tert-OH is 1. The first kappa shape index (κ1) is 86.2. The van der Waals surface area contributed by atoms with E-state index in [-0.39, 0.29) is 53.5 Å². The molecular formula is C85H115N5O17S6. The number of ether oxygens (including phenoxy) is 6. The highest BCUT2D eigenvalue weighted by Crippen LogP contribution is 2.55. The van der Waals surface area contributed by atoms with Gasteiger partial charge in [-0.15, -0.1) is 68.0 Å². The van der Waals surface area contributed by atoms with Gasteiger partial charge >= 0.3 is 36.2 Å². The minimum absolute atomic E-state index is 0.0675. The Morgan fingerprint density at radius 3 is 0.788 bits per heavy atom. The number of aliphatic hydroxyl groups is 4. The molecule has 0 unspecified atom stereocenters. The van der Waals surface area contributed by atoms with E-state index in [2.05, 4.69) is 10.6 Å². The topological polar surface area (TPSA) is 290 Å². The van der Waals surface area contributed by atoms with Gasteiger partial charge in [0.25, 0.3) is 0 Å². The molecule has 10 aliphatic rings. The molecule has 5 saturated heterocycles. The number of carbonyl (C=O) groups excluding carboxylic acids is 7. The third-order valence-corrected chi connectivity index (χ3v) is 30.0. The highest BCUT2D eigenvalue weighted by atomic mass is 32.1. The molecule has 0 aromatic carbocycles. The Bertz CT molecular complexity index is 3840. The summed E-state index contributed by atoms with van der Waals surface area (Å²) in [5, 5.41) is 61.1. The molecule has 11 heterocycles. The summed E-state index contributed by atoms with van der Waals surface area (Å²) in [5.74, 6) is -1.32. The number of Topliss-reactive ketones (excluding diaryl/α,β-unsaturated/α-hetero) is 1. The van der Waals surface area contributed by atoms with Crippen molar-refractivity contribution in [2.75, 3.05) is 65.4 Å². The first-order valence-corrected chi connectivity index (χ1v) is 45.3. The minimum atomic E-state index is -1.76. The number of esters is 3. The van der Waals surface area contributed by atoms with E-state index in [1.165, 1.54) is 68.0 Å². The zero-order valence-electron chi connectivity index (χ0n) is 66.8. The lowest BCUT2D eigenvalue weighted by Gasteiger charge is -2.51. The van der Waals surface area contributed by atoms with Crippen molar-refractivity contribution < 1.29 is 82.4 Å². The van der Waals surface area contributed by atoms with Crippen molar-refractivity contribution in [1.29, 1.82) is 0 Å². The van der Waals surface area contributed by atoms with Crippen LogP contribution in [-0.2, 0) is 64.4 Å². The second-order valence-corrected chi connectivity index (χ2v) is 41.8. The van der Waals surface area contributed by atoms with Crippen LogP contribution in [0.15, 0.2) is 105 Å². The fraction of sp³-hybridized carbons (Fsp3) is 0.635. The summed E-state index contributed by atoms with van der Waals surface area (Å²) in [5.41, 5.74) is -5.13. The number of rotatable bonds is 12. The maximum atomic E-state index is 13.1. The van der Waals surface area contributed by atoms with E-state index in [9.17, 15) is 54.0 Å². The molecular weight excluding hydrogens is 1560 g/mol. The summed E-state index contributed by atoms with van der Waals surface area (Å²) < 4.78 is 33.4. The minimum Gasteiger partial charge on any atom is -0.460 e. The second-order valence-electron chi connectivity index (χ2n) is 36.2. The molecule has 3 amide bonds. The van der Waals surface area contributed by atoms with E-state index in [1.807, 2.05) is 131 Å². The predicted octanol–water partition coefficient (Wildman–Crippen LogP) is 15.5. The number of thiophene rings is 6. The molecule has 5 saturated carbocycles. The molecule has 5 spiro atoms. The van der Waals surface area contributed by atoms with E-state index >= 15 is 0 Å². The molecule has 10 fully saturated rings. The predicted molar refractivity (Wildman–Crippen MR) is 439 cm³/mol. The van der Waals surface area contributed by atoms with Crippen LogP contribution in [0, 0.1) is 27.1 Å². The first-order valence-electron chi connectivity index (χ1n) is 40.0. The molecule has 5 aliphatic heterocycles. The quantitative estimate of drug-likeness (QED) is 0.0490. The van der Waals surface area contributed by atoms with Crippen LogP contribution in [0.1, 0.15) is 220 Å². The molecule has 16 rings (SSSR count). The van der Waals surface area contributed by atoms with Crippen LogP contribution < -0.4 is 10.6 Å². The summed E-state index contributed by atoms with van der Waals surface area (Å²) in [7, 11) is 0. The van der Waals surface area contributed by atoms with E-state index in [0.717, 1.165) is 181 Å². The van der Waals surface area contributed by atoms with E-state index < -0.39 is 51.5 Å². The number of hydrogen-bond acceptors (Lipinski definition) is 25. The van der Waals surface area contributed by atoms with Gasteiger partial charge in [-0.2, -0.15) is 0 Å². The number of nitrogens with zero attached hydrogens (tertiary/aromatic N) is 3. The highest BCUT2D eigenvalue weighted by molar-refractivity contribution is 7.13. The van der Waals surface area contributed by atoms with Gasteiger partial charge in [-0.3, -0.25) is 4.79 Å². The van der Waals surface area contributed by atoms with E-state index in [0.29, 0.717) is 64.4 Å². The molecule has 28 heteroatoms. The van der Waals surface area contributed by atoms with Crippen LogP contribution >= 0.6 is 68.0 Å². The molecule has 618 valence electrons. The number of nitrogens with one attached hydrogen (secondary N) is 2. The van der Waals surface area contributed by atoms with Crippen LogP contribution in [0.2, 0.25) is 0 Å². The fourth-order valence-electron chi connectivity index (χ4n) is 17.6. The van der Waals surface area contributed by atoms with Crippen molar-refractivity contribution in [3.05, 3.63) is 134 Å². The van der Waals surface area contributed by atoms with Crippen molar-refractivity contribution in [1.82, 2.24) is 25.3 Å². The summed E-state index contributed by atoms with van der Waals surface area (Å²) in [6, 6.07) is 21.7. The van der Waals surface area contributed by atoms with Crippen molar-refractivity contribution in [2.24, 2.45) is 27.1 Å². The van der Waals surface area contributed by atoms with Gasteiger partial charge in [0.15, 0.2) is 0 Å². The Morgan fingerprint density at radius 2 is 0.584 bits per heavy atom. The lowest BCUT2D eigenvalue weighted by Crippen LogP contribution is -2.53. The summed E-state index contributed by atoms with van der Waals surface area (Å²) in [6.45, 7) is 25.4. The van der Waals surface area contributed by atoms with Crippen LogP contribution in [0.4, 0.5) is 14.4 Å². The maximum Gasteiger partial charge on any atom is 0.410 e. The monoisotopic (exact) mass is 1670 g/mol. The molecule has 113 heavy (non-hydrogen) atoms. The number of likely N-dealkylation sites (tertiary alicyclic amines) is 3. The van der Waals surface area contributed by atoms with Gasteiger partial charge in [0.1, 0.15) is 40.9 Å². The standard InChI is InChI=1S/C23H29NO5S2.2C18H21NO3S2.C13H23NO3.C13H21NO3/c1-21(2,3)29-20(26)24-10-8-22(9-11-24)14-16(15-22)28-19(25)23(27,17-6-4-12-30-17)18-7-5-13-31-18;2*20-16(22-13-11-17(12-13)5-7-19-8-6-17)18(21,14-3-1-9-23-14)15-4-2-10-24-15;2*1-12(2,3)17-11(16)14-6-4-13(5-7-14)8-10(15)9-13/h4-7,12-13,16,27H,8-11,14-15H2,1-3H3;2*1-4,9-10,13,19,21H,5-8,11-12H2;10,15H,4-9H2,1-3H3;4-9H2,1-3H3. The molecule has 22 nitrogen and oxygen atoms in total. The van der Waals surface area contributed by atoms with Crippen LogP contribution in [0.25, 0.3) is 0 Å². The lowest BCUT2D eigenvalue weighted by molar-refractivity contribution is -0.182. The SMILES string of the molecule is CC(C)(C)OC(=O)N1CCC2(CC1)CC(=O)C2.CC(C)(C)OC(=O)N1CCC2(CC1)CC(O)C2.CC(C)(C)OC(=O)N1CCC2(CC1)CC(OC(=O)C(O)(c1cccs1)c1cccs1)C2.O=C(OC1CC2(CCNCC2)C1)C(O)(c1cccs1)c1cccs1.O=C(OC1CC2(CCNCC2)C1)C(O)(c1cccs1)c1cccs1. The molecule has 6 aromatic rings. The third kappa shape index (κ3) is 20.7. The average molecular weight is 1670 g/mol. The van der Waals surface area contributed by atoms with Crippen LogP contribution in [-0.4, -0.2) is 184 Å². The second kappa shape index (κ2) is 35.2. The van der Waals surface area contributed by atoms with Crippen molar-refractivity contribution in [2.45, 2.75) is 249 Å².